The topological polar surface area (TPSA) is 82.4 Å². The minimum absolute atomic E-state index is 0.0205. The number of para-hydroxylation sites is 1. The number of rotatable bonds is 6. The van der Waals surface area contributed by atoms with Crippen molar-refractivity contribution in [1.29, 1.82) is 0 Å². The van der Waals surface area contributed by atoms with E-state index in [-0.39, 0.29) is 17.9 Å². The van der Waals surface area contributed by atoms with Gasteiger partial charge in [0.05, 0.1) is 25.5 Å². The van der Waals surface area contributed by atoms with Crippen LogP contribution in [0.25, 0.3) is 5.69 Å². The Kier molecular flexibility index (Phi) is 6.52. The van der Waals surface area contributed by atoms with E-state index in [1.807, 2.05) is 0 Å². The van der Waals surface area contributed by atoms with Crippen molar-refractivity contribution in [2.75, 3.05) is 14.2 Å². The van der Waals surface area contributed by atoms with Crippen LogP contribution in [-0.4, -0.2) is 29.9 Å². The molecule has 2 aromatic carbocycles. The molecule has 32 heavy (non-hydrogen) atoms. The van der Waals surface area contributed by atoms with Crippen molar-refractivity contribution in [3.8, 4) is 17.2 Å². The molecule has 168 valence electrons. The lowest BCUT2D eigenvalue weighted by atomic mass is 10.1. The maximum absolute atomic E-state index is 13.4. The number of amides is 1. The number of methoxy groups -OCH3 is 2. The summed E-state index contributed by atoms with van der Waals surface area (Å²) in [5.74, 6) is 0.187. The lowest BCUT2D eigenvalue weighted by Crippen LogP contribution is -2.32. The summed E-state index contributed by atoms with van der Waals surface area (Å²) in [7, 11) is 2.95. The number of hydrogen-bond donors (Lipinski definition) is 1. The molecule has 0 atom stereocenters. The standard InChI is InChI=1S/C22H20F3N3O4/c1-13-10-18(29)20(27-28(13)17-7-5-4-6-16(17)22(23,24)25)21(30)26-12-14-11-15(31-2)8-9-19(14)32-3/h4-11H,12H2,1-3H3,(H,26,30). The molecule has 0 aliphatic rings. The molecule has 1 amide bonds. The number of carbonyl (C=O) groups excluding carboxylic acids is 1. The molecule has 1 N–H and O–H groups in total. The Hall–Kier alpha value is -3.82. The molecule has 0 saturated carbocycles. The first kappa shape index (κ1) is 22.9. The van der Waals surface area contributed by atoms with Crippen LogP contribution in [0.1, 0.15) is 27.3 Å². The smallest absolute Gasteiger partial charge is 0.418 e. The van der Waals surface area contributed by atoms with E-state index < -0.39 is 28.8 Å². The van der Waals surface area contributed by atoms with Crippen LogP contribution in [0.5, 0.6) is 11.5 Å². The van der Waals surface area contributed by atoms with Gasteiger partial charge in [-0.2, -0.15) is 18.3 Å². The number of halogens is 3. The maximum Gasteiger partial charge on any atom is 0.418 e. The minimum atomic E-state index is -4.64. The van der Waals surface area contributed by atoms with Gasteiger partial charge in [0.1, 0.15) is 11.5 Å². The van der Waals surface area contributed by atoms with Crippen molar-refractivity contribution in [1.82, 2.24) is 15.1 Å². The van der Waals surface area contributed by atoms with Crippen LogP contribution >= 0.6 is 0 Å². The van der Waals surface area contributed by atoms with E-state index in [4.69, 9.17) is 9.47 Å². The Bertz CT molecular complexity index is 1210. The van der Waals surface area contributed by atoms with E-state index >= 15 is 0 Å². The number of ether oxygens (including phenoxy) is 2. The van der Waals surface area contributed by atoms with Crippen LogP contribution in [0.4, 0.5) is 13.2 Å². The van der Waals surface area contributed by atoms with E-state index in [1.165, 1.54) is 39.3 Å². The van der Waals surface area contributed by atoms with Gasteiger partial charge >= 0.3 is 6.18 Å². The summed E-state index contributed by atoms with van der Waals surface area (Å²) < 4.78 is 51.7. The molecule has 3 aromatic rings. The predicted octanol–water partition coefficient (Wildman–Crippen LogP) is 3.51. The Morgan fingerprint density at radius 3 is 2.47 bits per heavy atom. The van der Waals surface area contributed by atoms with E-state index in [2.05, 4.69) is 10.4 Å². The summed E-state index contributed by atoms with van der Waals surface area (Å²) in [4.78, 5) is 25.1. The highest BCUT2D eigenvalue weighted by Crippen LogP contribution is 2.33. The highest BCUT2D eigenvalue weighted by molar-refractivity contribution is 5.92. The SMILES string of the molecule is COc1ccc(OC)c(CNC(=O)c2nn(-c3ccccc3C(F)(F)F)c(C)cc2=O)c1. The van der Waals surface area contributed by atoms with Gasteiger partial charge in [-0.1, -0.05) is 12.1 Å². The molecule has 0 bridgehead atoms. The van der Waals surface area contributed by atoms with Crippen LogP contribution in [-0.2, 0) is 12.7 Å². The Balaban J connectivity index is 1.96. The molecule has 3 rings (SSSR count). The molecule has 0 radical (unpaired) electrons. The zero-order valence-electron chi connectivity index (χ0n) is 17.5. The van der Waals surface area contributed by atoms with Gasteiger partial charge in [0, 0.05) is 23.9 Å². The van der Waals surface area contributed by atoms with Crippen LogP contribution in [0.15, 0.2) is 53.3 Å². The molecular weight excluding hydrogens is 427 g/mol. The molecule has 1 heterocycles. The fraction of sp³-hybridized carbons (Fsp3) is 0.227. The average molecular weight is 447 g/mol. The first-order valence-electron chi connectivity index (χ1n) is 9.42. The van der Waals surface area contributed by atoms with Gasteiger partial charge in [0.25, 0.3) is 5.91 Å². The number of nitrogens with zero attached hydrogens (tertiary/aromatic N) is 2. The van der Waals surface area contributed by atoms with Crippen molar-refractivity contribution in [2.24, 2.45) is 0 Å². The van der Waals surface area contributed by atoms with Crippen molar-refractivity contribution in [3.63, 3.8) is 0 Å². The van der Waals surface area contributed by atoms with Gasteiger partial charge in [-0.05, 0) is 37.3 Å². The highest BCUT2D eigenvalue weighted by Gasteiger charge is 2.34. The van der Waals surface area contributed by atoms with Crippen molar-refractivity contribution >= 4 is 5.91 Å². The largest absolute Gasteiger partial charge is 0.497 e. The summed E-state index contributed by atoms with van der Waals surface area (Å²) >= 11 is 0. The molecule has 0 aliphatic heterocycles. The monoisotopic (exact) mass is 447 g/mol. The van der Waals surface area contributed by atoms with E-state index in [0.717, 1.165) is 16.8 Å². The molecular formula is C22H20F3N3O4. The zero-order valence-corrected chi connectivity index (χ0v) is 17.5. The number of nitrogens with one attached hydrogen (secondary N) is 1. The van der Waals surface area contributed by atoms with Gasteiger partial charge in [0.2, 0.25) is 5.43 Å². The predicted molar refractivity (Wildman–Crippen MR) is 110 cm³/mol. The molecule has 0 saturated heterocycles. The second-order valence-corrected chi connectivity index (χ2v) is 6.79. The molecule has 0 spiro atoms. The number of aryl methyl sites for hydroxylation is 1. The first-order valence-corrected chi connectivity index (χ1v) is 9.42. The van der Waals surface area contributed by atoms with Crippen LogP contribution in [0.2, 0.25) is 0 Å². The van der Waals surface area contributed by atoms with Crippen LogP contribution < -0.4 is 20.2 Å². The van der Waals surface area contributed by atoms with Gasteiger partial charge in [-0.25, -0.2) is 4.68 Å². The zero-order chi connectivity index (χ0) is 23.5. The average Bonchev–Trinajstić information content (AvgIpc) is 2.76. The van der Waals surface area contributed by atoms with Crippen molar-refractivity contribution in [3.05, 3.63) is 81.3 Å². The molecule has 1 aromatic heterocycles. The maximum atomic E-state index is 13.4. The van der Waals surface area contributed by atoms with Gasteiger partial charge < -0.3 is 14.8 Å². The molecule has 7 nitrogen and oxygen atoms in total. The molecule has 0 fully saturated rings. The second kappa shape index (κ2) is 9.13. The summed E-state index contributed by atoms with van der Waals surface area (Å²) in [6.07, 6.45) is -4.64. The molecule has 0 unspecified atom stereocenters. The van der Waals surface area contributed by atoms with E-state index in [1.54, 1.807) is 18.2 Å². The summed E-state index contributed by atoms with van der Waals surface area (Å²) in [5, 5.41) is 6.49. The number of carbonyl (C=O) groups is 1. The fourth-order valence-corrected chi connectivity index (χ4v) is 3.13. The van der Waals surface area contributed by atoms with Crippen molar-refractivity contribution in [2.45, 2.75) is 19.6 Å². The normalized spacial score (nSPS) is 11.2. The number of hydrogen-bond acceptors (Lipinski definition) is 5. The fourth-order valence-electron chi connectivity index (χ4n) is 3.13. The second-order valence-electron chi connectivity index (χ2n) is 6.79. The molecule has 0 aliphatic carbocycles. The third-order valence-electron chi connectivity index (χ3n) is 4.69. The van der Waals surface area contributed by atoms with Gasteiger partial charge in [-0.15, -0.1) is 0 Å². The number of aromatic nitrogens is 2. The molecule has 10 heteroatoms. The number of alkyl halides is 3. The van der Waals surface area contributed by atoms with Crippen molar-refractivity contribution < 1.29 is 27.4 Å². The van der Waals surface area contributed by atoms with Crippen LogP contribution in [0, 0.1) is 6.92 Å². The summed E-state index contributed by atoms with van der Waals surface area (Å²) in [5.41, 5.74) is -1.74. The highest BCUT2D eigenvalue weighted by atomic mass is 19.4. The van der Waals surface area contributed by atoms with Crippen LogP contribution in [0.3, 0.4) is 0 Å². The summed E-state index contributed by atoms with van der Waals surface area (Å²) in [6.45, 7) is 1.41. The number of benzene rings is 2. The third kappa shape index (κ3) is 4.74. The van der Waals surface area contributed by atoms with Gasteiger partial charge in [-0.3, -0.25) is 9.59 Å². The lowest BCUT2D eigenvalue weighted by molar-refractivity contribution is -0.137. The van der Waals surface area contributed by atoms with E-state index in [0.29, 0.717) is 17.1 Å². The lowest BCUT2D eigenvalue weighted by Gasteiger charge is -2.17. The third-order valence-corrected chi connectivity index (χ3v) is 4.69. The van der Waals surface area contributed by atoms with Gasteiger partial charge in [0.15, 0.2) is 5.69 Å². The Morgan fingerprint density at radius 2 is 1.81 bits per heavy atom. The quantitative estimate of drug-likeness (QED) is 0.626. The van der Waals surface area contributed by atoms with E-state index in [9.17, 15) is 22.8 Å². The first-order chi connectivity index (χ1) is 15.2. The Morgan fingerprint density at radius 1 is 1.09 bits per heavy atom. The summed E-state index contributed by atoms with van der Waals surface area (Å²) in [6, 6.07) is 10.9. The Labute approximate surface area is 181 Å². The minimum Gasteiger partial charge on any atom is -0.497 e.